The molecular weight excluding hydrogens is 422 g/mol. The summed E-state index contributed by atoms with van der Waals surface area (Å²) in [5, 5.41) is 2.67. The number of carbonyl (C=O) groups is 3. The molecule has 33 heavy (non-hydrogen) atoms. The van der Waals surface area contributed by atoms with Crippen molar-refractivity contribution in [2.24, 2.45) is 0 Å². The zero-order valence-electron chi connectivity index (χ0n) is 18.7. The van der Waals surface area contributed by atoms with Crippen molar-refractivity contribution in [3.8, 4) is 11.5 Å². The second-order valence-electron chi connectivity index (χ2n) is 8.34. The molecule has 2 saturated heterocycles. The number of esters is 1. The first-order chi connectivity index (χ1) is 16.0. The molecule has 2 aliphatic rings. The number of rotatable bonds is 7. The van der Waals surface area contributed by atoms with Gasteiger partial charge < -0.3 is 19.7 Å². The minimum absolute atomic E-state index is 0.147. The zero-order valence-corrected chi connectivity index (χ0v) is 18.7. The fraction of sp³-hybridized carbons (Fsp3) is 0.400. The molecule has 0 unspecified atom stereocenters. The molecule has 2 fully saturated rings. The van der Waals surface area contributed by atoms with Crippen LogP contribution in [0.1, 0.15) is 29.6 Å². The van der Waals surface area contributed by atoms with Gasteiger partial charge in [0.25, 0.3) is 5.91 Å². The van der Waals surface area contributed by atoms with E-state index in [1.165, 1.54) is 7.11 Å². The zero-order chi connectivity index (χ0) is 23.2. The first-order valence-electron chi connectivity index (χ1n) is 11.3. The lowest BCUT2D eigenvalue weighted by molar-refractivity contribution is -0.150. The van der Waals surface area contributed by atoms with E-state index in [9.17, 15) is 14.4 Å². The largest absolute Gasteiger partial charge is 0.467 e. The lowest BCUT2D eigenvalue weighted by atomic mass is 10.1. The number of amides is 2. The van der Waals surface area contributed by atoms with Crippen LogP contribution < -0.4 is 10.1 Å². The van der Waals surface area contributed by atoms with Crippen molar-refractivity contribution in [3.63, 3.8) is 0 Å². The Balaban J connectivity index is 1.33. The molecule has 1 N–H and O–H groups in total. The Labute approximate surface area is 193 Å². The predicted molar refractivity (Wildman–Crippen MR) is 122 cm³/mol. The van der Waals surface area contributed by atoms with E-state index >= 15 is 0 Å². The summed E-state index contributed by atoms with van der Waals surface area (Å²) in [6, 6.07) is 15.6. The summed E-state index contributed by atoms with van der Waals surface area (Å²) in [6.45, 7) is 2.27. The molecule has 2 aromatic rings. The lowest BCUT2D eigenvalue weighted by Crippen LogP contribution is -2.46. The summed E-state index contributed by atoms with van der Waals surface area (Å²) in [6.07, 6.45) is 2.84. The number of para-hydroxylation sites is 1. The molecule has 0 spiro atoms. The maximum absolute atomic E-state index is 12.9. The SMILES string of the molecule is COC(=O)[C@@H]1C[C@@H](N2CCCC2)CN1C(=O)CNC(=O)c1ccc(Oc2ccccc2)cc1. The molecule has 0 aromatic heterocycles. The van der Waals surface area contributed by atoms with E-state index in [-0.39, 0.29) is 24.4 Å². The molecule has 2 heterocycles. The highest BCUT2D eigenvalue weighted by molar-refractivity contribution is 5.97. The van der Waals surface area contributed by atoms with Crippen LogP contribution in [0.15, 0.2) is 54.6 Å². The minimum Gasteiger partial charge on any atom is -0.467 e. The van der Waals surface area contributed by atoms with Crippen LogP contribution in [0, 0.1) is 0 Å². The molecule has 2 aliphatic heterocycles. The number of nitrogens with zero attached hydrogens (tertiary/aromatic N) is 2. The highest BCUT2D eigenvalue weighted by Crippen LogP contribution is 2.26. The molecule has 2 aromatic carbocycles. The van der Waals surface area contributed by atoms with E-state index in [2.05, 4.69) is 10.2 Å². The van der Waals surface area contributed by atoms with Gasteiger partial charge in [0, 0.05) is 18.2 Å². The maximum Gasteiger partial charge on any atom is 0.328 e. The number of carbonyl (C=O) groups excluding carboxylic acids is 3. The Morgan fingerprint density at radius 3 is 2.30 bits per heavy atom. The normalized spacial score (nSPS) is 20.5. The maximum atomic E-state index is 12.9. The van der Waals surface area contributed by atoms with E-state index in [4.69, 9.17) is 9.47 Å². The van der Waals surface area contributed by atoms with E-state index in [1.54, 1.807) is 29.2 Å². The van der Waals surface area contributed by atoms with Crippen molar-refractivity contribution in [2.75, 3.05) is 33.3 Å². The molecular formula is C25H29N3O5. The number of hydrogen-bond donors (Lipinski definition) is 1. The molecule has 174 valence electrons. The van der Waals surface area contributed by atoms with Crippen LogP contribution in [0.5, 0.6) is 11.5 Å². The van der Waals surface area contributed by atoms with Crippen molar-refractivity contribution < 1.29 is 23.9 Å². The fourth-order valence-corrected chi connectivity index (χ4v) is 4.48. The van der Waals surface area contributed by atoms with Gasteiger partial charge in [-0.15, -0.1) is 0 Å². The van der Waals surface area contributed by atoms with Crippen molar-refractivity contribution in [3.05, 3.63) is 60.2 Å². The lowest BCUT2D eigenvalue weighted by Gasteiger charge is -2.24. The average molecular weight is 452 g/mol. The Kier molecular flexibility index (Phi) is 7.24. The Morgan fingerprint density at radius 1 is 0.970 bits per heavy atom. The Hall–Kier alpha value is -3.39. The van der Waals surface area contributed by atoms with Crippen molar-refractivity contribution in [1.29, 1.82) is 0 Å². The van der Waals surface area contributed by atoms with Gasteiger partial charge >= 0.3 is 5.97 Å². The molecule has 0 aliphatic carbocycles. The van der Waals surface area contributed by atoms with Gasteiger partial charge in [0.1, 0.15) is 17.5 Å². The van der Waals surface area contributed by atoms with E-state index in [1.807, 2.05) is 30.3 Å². The summed E-state index contributed by atoms with van der Waals surface area (Å²) in [5.41, 5.74) is 0.420. The van der Waals surface area contributed by atoms with Crippen LogP contribution in [-0.2, 0) is 14.3 Å². The third kappa shape index (κ3) is 5.51. The van der Waals surface area contributed by atoms with Crippen molar-refractivity contribution in [1.82, 2.24) is 15.1 Å². The Bertz CT molecular complexity index is 973. The van der Waals surface area contributed by atoms with Gasteiger partial charge in [0.15, 0.2) is 0 Å². The highest BCUT2D eigenvalue weighted by atomic mass is 16.5. The molecule has 8 nitrogen and oxygen atoms in total. The molecule has 2 atom stereocenters. The van der Waals surface area contributed by atoms with Gasteiger partial charge in [-0.3, -0.25) is 14.5 Å². The van der Waals surface area contributed by atoms with Crippen LogP contribution in [0.25, 0.3) is 0 Å². The van der Waals surface area contributed by atoms with Crippen LogP contribution in [0.3, 0.4) is 0 Å². The van der Waals surface area contributed by atoms with Crippen molar-refractivity contribution >= 4 is 17.8 Å². The molecule has 8 heteroatoms. The van der Waals surface area contributed by atoms with E-state index in [0.29, 0.717) is 30.0 Å². The second-order valence-corrected chi connectivity index (χ2v) is 8.34. The minimum atomic E-state index is -0.612. The van der Waals surface area contributed by atoms with Gasteiger partial charge in [0.05, 0.1) is 13.7 Å². The number of benzene rings is 2. The quantitative estimate of drug-likeness (QED) is 0.651. The highest BCUT2D eigenvalue weighted by Gasteiger charge is 2.42. The van der Waals surface area contributed by atoms with Crippen molar-refractivity contribution in [2.45, 2.75) is 31.3 Å². The molecule has 0 bridgehead atoms. The Morgan fingerprint density at radius 2 is 1.64 bits per heavy atom. The van der Waals surface area contributed by atoms with E-state index < -0.39 is 12.0 Å². The van der Waals surface area contributed by atoms with Gasteiger partial charge in [-0.2, -0.15) is 0 Å². The van der Waals surface area contributed by atoms with Crippen LogP contribution in [0.2, 0.25) is 0 Å². The topological polar surface area (TPSA) is 88.2 Å². The summed E-state index contributed by atoms with van der Waals surface area (Å²) in [4.78, 5) is 41.6. The van der Waals surface area contributed by atoms with Gasteiger partial charge in [-0.1, -0.05) is 18.2 Å². The summed E-state index contributed by atoms with van der Waals surface area (Å²) in [7, 11) is 1.33. The smallest absolute Gasteiger partial charge is 0.328 e. The fourth-order valence-electron chi connectivity index (χ4n) is 4.48. The first kappa shape index (κ1) is 22.8. The molecule has 0 saturated carbocycles. The number of likely N-dealkylation sites (tertiary alicyclic amines) is 2. The standard InChI is InChI=1S/C25H29N3O5/c1-32-25(31)22-15-19(27-13-5-6-14-27)17-28(22)23(29)16-26-24(30)18-9-11-21(12-10-18)33-20-7-3-2-4-8-20/h2-4,7-12,19,22H,5-6,13-17H2,1H3,(H,26,30)/t19-,22+/m1/s1. The predicted octanol–water partition coefficient (Wildman–Crippen LogP) is 2.45. The molecule has 2 amide bonds. The average Bonchev–Trinajstić information content (AvgIpc) is 3.53. The summed E-state index contributed by atoms with van der Waals surface area (Å²) < 4.78 is 10.7. The molecule has 0 radical (unpaired) electrons. The van der Waals surface area contributed by atoms with Crippen LogP contribution in [-0.4, -0.2) is 73.0 Å². The number of methoxy groups -OCH3 is 1. The number of hydrogen-bond acceptors (Lipinski definition) is 6. The molecule has 4 rings (SSSR count). The van der Waals surface area contributed by atoms with Gasteiger partial charge in [-0.05, 0) is 68.8 Å². The van der Waals surface area contributed by atoms with E-state index in [0.717, 1.165) is 25.9 Å². The summed E-state index contributed by atoms with van der Waals surface area (Å²) in [5.74, 6) is 0.257. The van der Waals surface area contributed by atoms with Crippen LogP contribution >= 0.6 is 0 Å². The third-order valence-electron chi connectivity index (χ3n) is 6.23. The van der Waals surface area contributed by atoms with Gasteiger partial charge in [-0.25, -0.2) is 4.79 Å². The summed E-state index contributed by atoms with van der Waals surface area (Å²) >= 11 is 0. The number of ether oxygens (including phenoxy) is 2. The van der Waals surface area contributed by atoms with Gasteiger partial charge in [0.2, 0.25) is 5.91 Å². The monoisotopic (exact) mass is 451 g/mol. The first-order valence-corrected chi connectivity index (χ1v) is 11.3. The van der Waals surface area contributed by atoms with Crippen LogP contribution in [0.4, 0.5) is 0 Å². The third-order valence-corrected chi connectivity index (χ3v) is 6.23. The number of nitrogens with one attached hydrogen (secondary N) is 1. The second kappa shape index (κ2) is 10.5.